The first kappa shape index (κ1) is 21.1. The molecule has 0 heterocycles. The highest BCUT2D eigenvalue weighted by Crippen LogP contribution is 2.39. The molecule has 2 aromatic carbocycles. The van der Waals surface area contributed by atoms with Crippen molar-refractivity contribution in [3.8, 4) is 11.5 Å². The van der Waals surface area contributed by atoms with Crippen LogP contribution in [0.2, 0.25) is 0 Å². The zero-order chi connectivity index (χ0) is 20.8. The molecule has 2 aromatic rings. The van der Waals surface area contributed by atoms with Crippen LogP contribution in [-0.4, -0.2) is 27.9 Å². The van der Waals surface area contributed by atoms with Gasteiger partial charge in [-0.2, -0.15) is 43.2 Å². The summed E-state index contributed by atoms with van der Waals surface area (Å²) in [5.74, 6) is -1.71. The standard InChI is InChI=1S/C13H8F6O6S2/c1-7-5-6-8-9(11(7)25-27(22,23)13(17,18)19)3-2-4-10(8)24-26(20,21)12(14,15)16/h2-6H,1H3. The summed E-state index contributed by atoms with van der Waals surface area (Å²) in [6.07, 6.45) is 0. The van der Waals surface area contributed by atoms with Crippen LogP contribution in [0, 0.1) is 6.92 Å². The number of rotatable bonds is 4. The van der Waals surface area contributed by atoms with Crippen LogP contribution in [0.3, 0.4) is 0 Å². The van der Waals surface area contributed by atoms with Gasteiger partial charge >= 0.3 is 31.3 Å². The maximum atomic E-state index is 12.5. The van der Waals surface area contributed by atoms with E-state index in [1.54, 1.807) is 0 Å². The molecule has 27 heavy (non-hydrogen) atoms. The highest BCUT2D eigenvalue weighted by Gasteiger charge is 2.50. The van der Waals surface area contributed by atoms with Crippen molar-refractivity contribution in [2.75, 3.05) is 0 Å². The van der Waals surface area contributed by atoms with E-state index in [2.05, 4.69) is 8.37 Å². The second-order valence-electron chi connectivity index (χ2n) is 5.03. The third kappa shape index (κ3) is 4.05. The summed E-state index contributed by atoms with van der Waals surface area (Å²) in [7, 11) is -12.1. The predicted molar refractivity (Wildman–Crippen MR) is 79.9 cm³/mol. The van der Waals surface area contributed by atoms with Crippen molar-refractivity contribution >= 4 is 31.0 Å². The number of fused-ring (bicyclic) bond motifs is 1. The van der Waals surface area contributed by atoms with Gasteiger partial charge in [-0.25, -0.2) is 0 Å². The topological polar surface area (TPSA) is 86.7 Å². The number of aryl methyl sites for hydroxylation is 1. The smallest absolute Gasteiger partial charge is 0.375 e. The molecule has 0 aromatic heterocycles. The number of alkyl halides is 6. The van der Waals surface area contributed by atoms with E-state index in [9.17, 15) is 43.2 Å². The van der Waals surface area contributed by atoms with E-state index < -0.39 is 53.5 Å². The third-order valence-corrected chi connectivity index (χ3v) is 5.05. The Morgan fingerprint density at radius 2 is 1.26 bits per heavy atom. The first-order valence-corrected chi connectivity index (χ1v) is 9.42. The average molecular weight is 438 g/mol. The molecule has 0 unspecified atom stereocenters. The van der Waals surface area contributed by atoms with Gasteiger partial charge in [-0.1, -0.05) is 24.3 Å². The minimum absolute atomic E-state index is 0.105. The van der Waals surface area contributed by atoms with E-state index in [-0.39, 0.29) is 5.56 Å². The summed E-state index contributed by atoms with van der Waals surface area (Å²) in [6, 6.07) is 4.85. The Morgan fingerprint density at radius 1 is 0.741 bits per heavy atom. The van der Waals surface area contributed by atoms with Crippen molar-refractivity contribution in [2.24, 2.45) is 0 Å². The van der Waals surface area contributed by atoms with Gasteiger partial charge < -0.3 is 8.37 Å². The Labute approximate surface area is 148 Å². The zero-order valence-corrected chi connectivity index (χ0v) is 14.6. The number of halogens is 6. The molecule has 0 saturated heterocycles. The SMILES string of the molecule is Cc1ccc2c(OS(=O)(=O)C(F)(F)F)cccc2c1OS(=O)(=O)C(F)(F)F. The predicted octanol–water partition coefficient (Wildman–Crippen LogP) is 3.61. The van der Waals surface area contributed by atoms with Crippen LogP contribution < -0.4 is 8.37 Å². The fourth-order valence-corrected chi connectivity index (χ4v) is 2.93. The molecule has 0 bridgehead atoms. The monoisotopic (exact) mass is 438 g/mol. The molecule has 150 valence electrons. The van der Waals surface area contributed by atoms with Gasteiger partial charge in [-0.05, 0) is 18.6 Å². The molecule has 0 aliphatic rings. The molecule has 2 rings (SSSR count). The van der Waals surface area contributed by atoms with Gasteiger partial charge in [0.15, 0.2) is 11.5 Å². The van der Waals surface area contributed by atoms with E-state index in [0.29, 0.717) is 0 Å². The normalized spacial score (nSPS) is 13.6. The van der Waals surface area contributed by atoms with Crippen molar-refractivity contribution in [2.45, 2.75) is 17.9 Å². The lowest BCUT2D eigenvalue weighted by Crippen LogP contribution is -2.28. The summed E-state index contributed by atoms with van der Waals surface area (Å²) in [5.41, 5.74) is -11.6. The van der Waals surface area contributed by atoms with E-state index in [1.807, 2.05) is 0 Å². The molecule has 0 radical (unpaired) electrons. The molecule has 0 aliphatic heterocycles. The molecule has 0 spiro atoms. The molecular weight excluding hydrogens is 430 g/mol. The summed E-state index contributed by atoms with van der Waals surface area (Å²) >= 11 is 0. The Balaban J connectivity index is 2.66. The third-order valence-electron chi connectivity index (χ3n) is 3.13. The van der Waals surface area contributed by atoms with Crippen LogP contribution in [0.25, 0.3) is 10.8 Å². The Morgan fingerprint density at radius 3 is 1.78 bits per heavy atom. The second kappa shape index (κ2) is 6.44. The minimum Gasteiger partial charge on any atom is -0.375 e. The summed E-state index contributed by atoms with van der Waals surface area (Å²) in [5, 5.41) is -0.819. The average Bonchev–Trinajstić information content (AvgIpc) is 2.47. The first-order valence-electron chi connectivity index (χ1n) is 6.61. The van der Waals surface area contributed by atoms with Crippen LogP contribution >= 0.6 is 0 Å². The Bertz CT molecular complexity index is 1090. The Kier molecular flexibility index (Phi) is 5.03. The van der Waals surface area contributed by atoms with Crippen molar-refractivity contribution in [1.29, 1.82) is 0 Å². The molecule has 0 aliphatic carbocycles. The molecule has 0 fully saturated rings. The van der Waals surface area contributed by atoms with E-state index in [1.165, 1.54) is 6.92 Å². The first-order chi connectivity index (χ1) is 12.1. The van der Waals surface area contributed by atoms with Crippen LogP contribution in [0.1, 0.15) is 5.56 Å². The van der Waals surface area contributed by atoms with Crippen LogP contribution in [0.15, 0.2) is 30.3 Å². The number of benzene rings is 2. The minimum atomic E-state index is -6.08. The van der Waals surface area contributed by atoms with Gasteiger partial charge in [0.2, 0.25) is 0 Å². The lowest BCUT2D eigenvalue weighted by Gasteiger charge is -2.15. The molecule has 0 amide bonds. The molecule has 0 saturated carbocycles. The highest BCUT2D eigenvalue weighted by atomic mass is 32.2. The molecular formula is C13H8F6O6S2. The highest BCUT2D eigenvalue weighted by molar-refractivity contribution is 7.88. The van der Waals surface area contributed by atoms with Crippen LogP contribution in [0.5, 0.6) is 11.5 Å². The van der Waals surface area contributed by atoms with E-state index in [4.69, 9.17) is 0 Å². The van der Waals surface area contributed by atoms with Gasteiger partial charge in [0.1, 0.15) is 0 Å². The lowest BCUT2D eigenvalue weighted by atomic mass is 10.1. The van der Waals surface area contributed by atoms with E-state index in [0.717, 1.165) is 30.3 Å². The second-order valence-corrected chi connectivity index (χ2v) is 8.10. The lowest BCUT2D eigenvalue weighted by molar-refractivity contribution is -0.0504. The van der Waals surface area contributed by atoms with Gasteiger partial charge in [-0.15, -0.1) is 0 Å². The van der Waals surface area contributed by atoms with E-state index >= 15 is 0 Å². The number of hydrogen-bond acceptors (Lipinski definition) is 6. The van der Waals surface area contributed by atoms with Gasteiger partial charge in [-0.3, -0.25) is 0 Å². The summed E-state index contributed by atoms with van der Waals surface area (Å²) in [4.78, 5) is 0. The van der Waals surface area contributed by atoms with Crippen LogP contribution in [0.4, 0.5) is 26.3 Å². The summed E-state index contributed by atoms with van der Waals surface area (Å²) in [6.45, 7) is 1.18. The van der Waals surface area contributed by atoms with Gasteiger partial charge in [0, 0.05) is 10.8 Å². The molecule has 14 heteroatoms. The van der Waals surface area contributed by atoms with Gasteiger partial charge in [0.05, 0.1) is 0 Å². The van der Waals surface area contributed by atoms with Crippen molar-refractivity contribution in [3.05, 3.63) is 35.9 Å². The molecule has 0 atom stereocenters. The zero-order valence-electron chi connectivity index (χ0n) is 12.9. The molecule has 0 N–H and O–H groups in total. The fourth-order valence-electron chi connectivity index (χ4n) is 1.92. The quantitative estimate of drug-likeness (QED) is 0.412. The fraction of sp³-hybridized carbons (Fsp3) is 0.231. The van der Waals surface area contributed by atoms with Crippen molar-refractivity contribution < 1.29 is 51.5 Å². The maximum absolute atomic E-state index is 12.5. The van der Waals surface area contributed by atoms with Crippen molar-refractivity contribution in [1.82, 2.24) is 0 Å². The maximum Gasteiger partial charge on any atom is 0.534 e. The largest absolute Gasteiger partial charge is 0.534 e. The number of hydrogen-bond donors (Lipinski definition) is 0. The van der Waals surface area contributed by atoms with Crippen molar-refractivity contribution in [3.63, 3.8) is 0 Å². The van der Waals surface area contributed by atoms with Crippen LogP contribution in [-0.2, 0) is 20.2 Å². The Hall–Kier alpha value is -2.22. The summed E-state index contributed by atoms with van der Waals surface area (Å²) < 4.78 is 128. The van der Waals surface area contributed by atoms with Gasteiger partial charge in [0.25, 0.3) is 0 Å². The molecule has 6 nitrogen and oxygen atoms in total.